The number of carbonyl (C=O) groups excluding carboxylic acids is 2. The third-order valence-electron chi connectivity index (χ3n) is 5.72. The summed E-state index contributed by atoms with van der Waals surface area (Å²) in [6.45, 7) is 6.63. The molecule has 2 aromatic carbocycles. The van der Waals surface area contributed by atoms with Gasteiger partial charge in [-0.1, -0.05) is 25.1 Å². The zero-order valence-electron chi connectivity index (χ0n) is 18.1. The van der Waals surface area contributed by atoms with E-state index in [1.165, 1.54) is 13.2 Å². The molecule has 2 aromatic rings. The second-order valence-electron chi connectivity index (χ2n) is 8.43. The van der Waals surface area contributed by atoms with Crippen molar-refractivity contribution in [1.29, 1.82) is 0 Å². The summed E-state index contributed by atoms with van der Waals surface area (Å²) in [5.41, 5.74) is -1.19. The lowest BCUT2D eigenvalue weighted by atomic mass is 9.73. The third kappa shape index (κ3) is 3.92. The minimum Gasteiger partial charge on any atom is -0.381 e. The van der Waals surface area contributed by atoms with Crippen LogP contribution < -0.4 is 0 Å². The Labute approximate surface area is 179 Å². The highest BCUT2D eigenvalue weighted by molar-refractivity contribution is 6.15. The van der Waals surface area contributed by atoms with Crippen LogP contribution in [-0.2, 0) is 25.5 Å². The molecule has 3 rings (SSSR count). The Kier molecular flexibility index (Phi) is 6.13. The molecule has 0 amide bonds. The van der Waals surface area contributed by atoms with Gasteiger partial charge in [-0.25, -0.2) is 13.2 Å². The molecule has 1 saturated heterocycles. The van der Waals surface area contributed by atoms with Gasteiger partial charge >= 0.3 is 0 Å². The van der Waals surface area contributed by atoms with Crippen molar-refractivity contribution >= 4 is 11.6 Å². The molecule has 4 nitrogen and oxygen atoms in total. The number of aryl methyl sites for hydroxylation is 1. The minimum absolute atomic E-state index is 0.0152. The number of rotatable bonds is 5. The van der Waals surface area contributed by atoms with Gasteiger partial charge in [0, 0.05) is 12.7 Å². The molecule has 2 unspecified atom stereocenters. The fraction of sp³-hybridized carbons (Fsp3) is 0.417. The van der Waals surface area contributed by atoms with Crippen LogP contribution in [0, 0.1) is 17.5 Å². The average molecular weight is 434 g/mol. The number of hydrogen-bond acceptors (Lipinski definition) is 4. The molecular formula is C24H25F3O4. The van der Waals surface area contributed by atoms with Crippen molar-refractivity contribution in [3.8, 4) is 11.1 Å². The number of Topliss-reactive ketones (excluding diaryl/α,β-unsaturated/α-hetero) is 2. The molecule has 31 heavy (non-hydrogen) atoms. The van der Waals surface area contributed by atoms with Crippen LogP contribution in [0.1, 0.15) is 44.7 Å². The lowest BCUT2D eigenvalue weighted by molar-refractivity contribution is -0.195. The van der Waals surface area contributed by atoms with E-state index in [1.54, 1.807) is 32.9 Å². The van der Waals surface area contributed by atoms with Gasteiger partial charge in [0.1, 0.15) is 17.1 Å². The fourth-order valence-electron chi connectivity index (χ4n) is 4.20. The summed E-state index contributed by atoms with van der Waals surface area (Å²) in [7, 11) is 1.45. The summed E-state index contributed by atoms with van der Waals surface area (Å²) in [5.74, 6) is -5.99. The molecule has 2 atom stereocenters. The van der Waals surface area contributed by atoms with Crippen LogP contribution in [0.5, 0.6) is 0 Å². The van der Waals surface area contributed by atoms with E-state index in [0.29, 0.717) is 23.1 Å². The third-order valence-corrected chi connectivity index (χ3v) is 5.72. The van der Waals surface area contributed by atoms with E-state index in [9.17, 15) is 22.8 Å². The van der Waals surface area contributed by atoms with Crippen molar-refractivity contribution in [3.05, 3.63) is 58.9 Å². The van der Waals surface area contributed by atoms with Crippen LogP contribution in [0.15, 0.2) is 30.3 Å². The molecule has 1 fully saturated rings. The lowest BCUT2D eigenvalue weighted by Crippen LogP contribution is -2.61. The van der Waals surface area contributed by atoms with Gasteiger partial charge in [-0.2, -0.15) is 0 Å². The predicted molar refractivity (Wildman–Crippen MR) is 109 cm³/mol. The summed E-state index contributed by atoms with van der Waals surface area (Å²) in [5, 5.41) is 0. The van der Waals surface area contributed by atoms with Gasteiger partial charge in [0.2, 0.25) is 0 Å². The molecule has 0 saturated carbocycles. The van der Waals surface area contributed by atoms with Crippen LogP contribution in [0.4, 0.5) is 13.2 Å². The van der Waals surface area contributed by atoms with Gasteiger partial charge in [0.05, 0.1) is 6.61 Å². The zero-order chi connectivity index (χ0) is 23.1. The quantitative estimate of drug-likeness (QED) is 0.503. The number of benzene rings is 2. The SMILES string of the molecule is CCc1cc(-c2ccc(F)c(F)c2F)ccc1C1C(=O)C(C)(C)OC(C)(COC)C1=O. The highest BCUT2D eigenvalue weighted by Crippen LogP contribution is 2.41. The van der Waals surface area contributed by atoms with Gasteiger partial charge < -0.3 is 9.47 Å². The van der Waals surface area contributed by atoms with Gasteiger partial charge in [-0.3, -0.25) is 9.59 Å². The van der Waals surface area contributed by atoms with E-state index in [-0.39, 0.29) is 18.0 Å². The molecule has 0 N–H and O–H groups in total. The molecule has 0 aromatic heterocycles. The summed E-state index contributed by atoms with van der Waals surface area (Å²) in [6.07, 6.45) is 0.438. The summed E-state index contributed by atoms with van der Waals surface area (Å²) < 4.78 is 52.3. The first kappa shape index (κ1) is 23.2. The topological polar surface area (TPSA) is 52.6 Å². The molecule has 1 heterocycles. The lowest BCUT2D eigenvalue weighted by Gasteiger charge is -2.44. The van der Waals surface area contributed by atoms with Crippen molar-refractivity contribution in [1.82, 2.24) is 0 Å². The first-order valence-electron chi connectivity index (χ1n) is 10.0. The Morgan fingerprint density at radius 2 is 1.68 bits per heavy atom. The average Bonchev–Trinajstić information content (AvgIpc) is 2.71. The van der Waals surface area contributed by atoms with E-state index in [0.717, 1.165) is 12.1 Å². The number of ether oxygens (including phenoxy) is 2. The summed E-state index contributed by atoms with van der Waals surface area (Å²) >= 11 is 0. The van der Waals surface area contributed by atoms with Crippen molar-refractivity contribution < 1.29 is 32.2 Å². The Balaban J connectivity index is 2.13. The van der Waals surface area contributed by atoms with E-state index in [4.69, 9.17) is 9.47 Å². The van der Waals surface area contributed by atoms with Crippen molar-refractivity contribution in [2.24, 2.45) is 0 Å². The highest BCUT2D eigenvalue weighted by atomic mass is 19.2. The van der Waals surface area contributed by atoms with Gasteiger partial charge in [0.15, 0.2) is 29.0 Å². The van der Waals surface area contributed by atoms with Crippen molar-refractivity contribution in [3.63, 3.8) is 0 Å². The van der Waals surface area contributed by atoms with Gasteiger partial charge in [0.25, 0.3) is 0 Å². The monoisotopic (exact) mass is 434 g/mol. The number of halogens is 3. The molecule has 0 bridgehead atoms. The Hall–Kier alpha value is -2.51. The van der Waals surface area contributed by atoms with Crippen molar-refractivity contribution in [2.45, 2.75) is 51.2 Å². The van der Waals surface area contributed by atoms with E-state index in [2.05, 4.69) is 0 Å². The molecule has 166 valence electrons. The molecule has 0 spiro atoms. The molecule has 7 heteroatoms. The second-order valence-corrected chi connectivity index (χ2v) is 8.43. The van der Waals surface area contributed by atoms with Crippen LogP contribution in [-0.4, -0.2) is 36.5 Å². The molecule has 1 aliphatic heterocycles. The zero-order valence-corrected chi connectivity index (χ0v) is 18.1. The van der Waals surface area contributed by atoms with Gasteiger partial charge in [-0.05, 0) is 56.0 Å². The van der Waals surface area contributed by atoms with Crippen molar-refractivity contribution in [2.75, 3.05) is 13.7 Å². The predicted octanol–water partition coefficient (Wildman–Crippen LogP) is 4.77. The first-order chi connectivity index (χ1) is 14.5. The Morgan fingerprint density at radius 1 is 1.00 bits per heavy atom. The Morgan fingerprint density at radius 3 is 2.29 bits per heavy atom. The van der Waals surface area contributed by atoms with Crippen LogP contribution in [0.3, 0.4) is 0 Å². The molecule has 0 aliphatic carbocycles. The number of methoxy groups -OCH3 is 1. The fourth-order valence-corrected chi connectivity index (χ4v) is 4.20. The smallest absolute Gasteiger partial charge is 0.195 e. The van der Waals surface area contributed by atoms with Crippen LogP contribution >= 0.6 is 0 Å². The highest BCUT2D eigenvalue weighted by Gasteiger charge is 2.55. The van der Waals surface area contributed by atoms with E-state index < -0.39 is 40.4 Å². The number of carbonyl (C=O) groups is 2. The normalized spacial score (nSPS) is 23.3. The maximum atomic E-state index is 14.3. The largest absolute Gasteiger partial charge is 0.381 e. The first-order valence-corrected chi connectivity index (χ1v) is 10.0. The maximum Gasteiger partial charge on any atom is 0.195 e. The minimum atomic E-state index is -1.55. The van der Waals surface area contributed by atoms with E-state index >= 15 is 0 Å². The maximum absolute atomic E-state index is 14.3. The number of ketones is 2. The van der Waals surface area contributed by atoms with E-state index in [1.807, 2.05) is 6.92 Å². The second kappa shape index (κ2) is 8.20. The van der Waals surface area contributed by atoms with Crippen LogP contribution in [0.25, 0.3) is 11.1 Å². The summed E-state index contributed by atoms with van der Waals surface area (Å²) in [4.78, 5) is 26.5. The van der Waals surface area contributed by atoms with Crippen LogP contribution in [0.2, 0.25) is 0 Å². The van der Waals surface area contributed by atoms with Gasteiger partial charge in [-0.15, -0.1) is 0 Å². The number of hydrogen-bond donors (Lipinski definition) is 0. The Bertz CT molecular complexity index is 1050. The standard InChI is InChI=1S/C24H25F3O4/c1-6-13-11-14(16-9-10-17(25)20(27)19(16)26)7-8-15(13)18-21(28)23(2,3)31-24(4,12-30-5)22(18)29/h7-11,18H,6,12H2,1-5H3. The summed E-state index contributed by atoms with van der Waals surface area (Å²) in [6, 6.07) is 6.69. The molecule has 1 aliphatic rings. The molecular weight excluding hydrogens is 409 g/mol. The molecule has 0 radical (unpaired) electrons.